The Balaban J connectivity index is 0.000000135. The summed E-state index contributed by atoms with van der Waals surface area (Å²) in [5, 5.41) is 10.8. The van der Waals surface area contributed by atoms with E-state index in [0.717, 1.165) is 0 Å². The van der Waals surface area contributed by atoms with E-state index in [-0.39, 0.29) is 0 Å². The average Bonchev–Trinajstić information content (AvgIpc) is 2.79. The summed E-state index contributed by atoms with van der Waals surface area (Å²) in [5.41, 5.74) is 5.37. The quantitative estimate of drug-likeness (QED) is 0.218. The van der Waals surface area contributed by atoms with E-state index in [1.165, 1.54) is 65.3 Å². The summed E-state index contributed by atoms with van der Waals surface area (Å²) in [4.78, 5) is 0. The molecule has 0 saturated carbocycles. The van der Waals surface area contributed by atoms with Gasteiger partial charge in [-0.25, -0.2) is 0 Å². The summed E-state index contributed by atoms with van der Waals surface area (Å²) >= 11 is 0. The highest BCUT2D eigenvalue weighted by atomic mass is 14.1. The van der Waals surface area contributed by atoms with Gasteiger partial charge in [-0.2, -0.15) is 0 Å². The van der Waals surface area contributed by atoms with Gasteiger partial charge >= 0.3 is 0 Å². The van der Waals surface area contributed by atoms with Crippen LogP contribution in [0.3, 0.4) is 0 Å². The van der Waals surface area contributed by atoms with E-state index in [4.69, 9.17) is 0 Å². The second-order valence-corrected chi connectivity index (χ2v) is 8.93. The molecule has 6 rings (SSSR count). The second kappa shape index (κ2) is 8.13. The minimum Gasteiger partial charge on any atom is -0.0616 e. The SMILES string of the molecule is Cc1cc(C)c2c(ccc3ccccc32)c1.Cc1ccc2c(ccc3c(C)cccc32)c1. The van der Waals surface area contributed by atoms with E-state index in [2.05, 4.69) is 125 Å². The summed E-state index contributed by atoms with van der Waals surface area (Å²) in [5.74, 6) is 0. The van der Waals surface area contributed by atoms with Crippen molar-refractivity contribution >= 4 is 43.1 Å². The van der Waals surface area contributed by atoms with Gasteiger partial charge in [0, 0.05) is 0 Å². The first kappa shape index (κ1) is 20.3. The Morgan fingerprint density at radius 3 is 1.94 bits per heavy atom. The van der Waals surface area contributed by atoms with Crippen molar-refractivity contribution in [3.8, 4) is 0 Å². The summed E-state index contributed by atoms with van der Waals surface area (Å²) in [7, 11) is 0. The smallest absolute Gasteiger partial charge is 0.00759 e. The summed E-state index contributed by atoms with van der Waals surface area (Å²) < 4.78 is 0. The van der Waals surface area contributed by atoms with Crippen molar-refractivity contribution in [3.63, 3.8) is 0 Å². The molecule has 0 N–H and O–H groups in total. The van der Waals surface area contributed by atoms with Gasteiger partial charge in [0.05, 0.1) is 0 Å². The lowest BCUT2D eigenvalue weighted by molar-refractivity contribution is 1.43. The third-order valence-corrected chi connectivity index (χ3v) is 6.43. The van der Waals surface area contributed by atoms with Crippen LogP contribution in [0.5, 0.6) is 0 Å². The second-order valence-electron chi connectivity index (χ2n) is 8.93. The molecule has 0 aromatic heterocycles. The van der Waals surface area contributed by atoms with Crippen LogP contribution in [0, 0.1) is 27.7 Å². The van der Waals surface area contributed by atoms with E-state index in [0.29, 0.717) is 0 Å². The lowest BCUT2D eigenvalue weighted by Gasteiger charge is -2.08. The standard InChI is InChI=1S/2C16H14/c1-11-6-8-15-13(10-11)7-9-14-12(2)4-3-5-16(14)15;1-11-9-12(2)16-14(10-11)8-7-13-5-3-4-6-15(13)16/h2*3-10H,1-2H3. The Morgan fingerprint density at radius 2 is 1.06 bits per heavy atom. The normalized spacial score (nSPS) is 11.1. The molecule has 0 aliphatic rings. The van der Waals surface area contributed by atoms with Crippen molar-refractivity contribution in [2.45, 2.75) is 27.7 Å². The van der Waals surface area contributed by atoms with Gasteiger partial charge in [-0.3, -0.25) is 0 Å². The minimum absolute atomic E-state index is 1.32. The van der Waals surface area contributed by atoms with Gasteiger partial charge in [-0.1, -0.05) is 108 Å². The lowest BCUT2D eigenvalue weighted by Crippen LogP contribution is -1.83. The molecule has 0 bridgehead atoms. The third-order valence-electron chi connectivity index (χ3n) is 6.43. The van der Waals surface area contributed by atoms with Crippen LogP contribution in [-0.4, -0.2) is 0 Å². The molecular formula is C32H28. The van der Waals surface area contributed by atoms with Gasteiger partial charge in [0.1, 0.15) is 0 Å². The molecule has 0 aliphatic heterocycles. The molecular weight excluding hydrogens is 384 g/mol. The number of aryl methyl sites for hydroxylation is 4. The zero-order valence-electron chi connectivity index (χ0n) is 19.2. The first-order valence-electron chi connectivity index (χ1n) is 11.3. The fourth-order valence-corrected chi connectivity index (χ4v) is 4.92. The highest BCUT2D eigenvalue weighted by Gasteiger charge is 2.04. The number of hydrogen-bond donors (Lipinski definition) is 0. The predicted molar refractivity (Wildman–Crippen MR) is 142 cm³/mol. The van der Waals surface area contributed by atoms with E-state index in [1.54, 1.807) is 0 Å². The molecule has 0 atom stereocenters. The van der Waals surface area contributed by atoms with Gasteiger partial charge in [-0.15, -0.1) is 0 Å². The van der Waals surface area contributed by atoms with Crippen molar-refractivity contribution in [1.82, 2.24) is 0 Å². The van der Waals surface area contributed by atoms with E-state index in [1.807, 2.05) is 0 Å². The summed E-state index contributed by atoms with van der Waals surface area (Å²) in [6, 6.07) is 35.2. The zero-order valence-corrected chi connectivity index (χ0v) is 19.2. The van der Waals surface area contributed by atoms with Crippen LogP contribution in [0.25, 0.3) is 43.1 Å². The molecule has 156 valence electrons. The molecule has 6 aromatic rings. The van der Waals surface area contributed by atoms with Crippen LogP contribution >= 0.6 is 0 Å². The van der Waals surface area contributed by atoms with Crippen molar-refractivity contribution in [3.05, 3.63) is 119 Å². The summed E-state index contributed by atoms with van der Waals surface area (Å²) in [6.07, 6.45) is 0. The molecule has 0 spiro atoms. The molecule has 0 amide bonds. The first-order valence-corrected chi connectivity index (χ1v) is 11.3. The van der Waals surface area contributed by atoms with Crippen LogP contribution in [0.15, 0.2) is 97.1 Å². The number of benzene rings is 6. The Morgan fingerprint density at radius 1 is 0.375 bits per heavy atom. The molecule has 0 saturated heterocycles. The molecule has 0 nitrogen and oxygen atoms in total. The highest BCUT2D eigenvalue weighted by Crippen LogP contribution is 2.29. The van der Waals surface area contributed by atoms with Gasteiger partial charge in [0.2, 0.25) is 0 Å². The predicted octanol–water partition coefficient (Wildman–Crippen LogP) is 9.22. The van der Waals surface area contributed by atoms with Crippen molar-refractivity contribution in [1.29, 1.82) is 0 Å². The Labute approximate surface area is 190 Å². The molecule has 6 aromatic carbocycles. The van der Waals surface area contributed by atoms with Gasteiger partial charge in [0.15, 0.2) is 0 Å². The maximum Gasteiger partial charge on any atom is -0.00759 e. The highest BCUT2D eigenvalue weighted by molar-refractivity contribution is 6.09. The average molecular weight is 413 g/mol. The van der Waals surface area contributed by atoms with Crippen LogP contribution in [0.4, 0.5) is 0 Å². The zero-order chi connectivity index (χ0) is 22.2. The third kappa shape index (κ3) is 3.63. The molecule has 0 heteroatoms. The van der Waals surface area contributed by atoms with Crippen LogP contribution in [-0.2, 0) is 0 Å². The van der Waals surface area contributed by atoms with Crippen molar-refractivity contribution < 1.29 is 0 Å². The van der Waals surface area contributed by atoms with E-state index < -0.39 is 0 Å². The largest absolute Gasteiger partial charge is 0.0616 e. The maximum absolute atomic E-state index is 2.26. The van der Waals surface area contributed by atoms with Crippen molar-refractivity contribution in [2.75, 3.05) is 0 Å². The number of fused-ring (bicyclic) bond motifs is 6. The fraction of sp³-hybridized carbons (Fsp3) is 0.125. The minimum atomic E-state index is 1.32. The van der Waals surface area contributed by atoms with Crippen LogP contribution in [0.1, 0.15) is 22.3 Å². The lowest BCUT2D eigenvalue weighted by atomic mass is 9.97. The van der Waals surface area contributed by atoms with Crippen molar-refractivity contribution in [2.24, 2.45) is 0 Å². The van der Waals surface area contributed by atoms with Gasteiger partial charge < -0.3 is 0 Å². The molecule has 0 unspecified atom stereocenters. The fourth-order valence-electron chi connectivity index (χ4n) is 4.92. The molecule has 0 aliphatic carbocycles. The number of rotatable bonds is 0. The maximum atomic E-state index is 2.26. The topological polar surface area (TPSA) is 0 Å². The number of hydrogen-bond acceptors (Lipinski definition) is 0. The van der Waals surface area contributed by atoms with E-state index in [9.17, 15) is 0 Å². The summed E-state index contributed by atoms with van der Waals surface area (Å²) in [6.45, 7) is 8.66. The van der Waals surface area contributed by atoms with Crippen LogP contribution < -0.4 is 0 Å². The molecule has 0 fully saturated rings. The molecule has 0 radical (unpaired) electrons. The van der Waals surface area contributed by atoms with Gasteiger partial charge in [0.25, 0.3) is 0 Å². The van der Waals surface area contributed by atoms with Gasteiger partial charge in [-0.05, 0) is 81.9 Å². The Hall–Kier alpha value is -3.64. The first-order chi connectivity index (χ1) is 15.5. The van der Waals surface area contributed by atoms with Crippen LogP contribution in [0.2, 0.25) is 0 Å². The molecule has 0 heterocycles. The monoisotopic (exact) mass is 412 g/mol. The Bertz CT molecular complexity index is 1600. The van der Waals surface area contributed by atoms with E-state index >= 15 is 0 Å². The Kier molecular flexibility index (Phi) is 5.15. The molecule has 32 heavy (non-hydrogen) atoms.